The van der Waals surface area contributed by atoms with Crippen LogP contribution < -0.4 is 10.1 Å². The fourth-order valence-corrected chi connectivity index (χ4v) is 4.32. The van der Waals surface area contributed by atoms with Crippen LogP contribution in [0.5, 0.6) is 5.75 Å². The standard InChI is InChI=1S/C25H35NO4/c1-25(2,3)21-7-10-22(11-8-21)30-23-9-6-18-12-17(4-5-19(18)13-23)14-26-15-20(16-27)24(28)29/h4-6,9,12-13,20-22,26-27H,7-8,10-11,14-16H2,1-3H3,(H,28,29). The highest BCUT2D eigenvalue weighted by Crippen LogP contribution is 2.39. The van der Waals surface area contributed by atoms with E-state index in [4.69, 9.17) is 14.9 Å². The summed E-state index contributed by atoms with van der Waals surface area (Å²) in [5.41, 5.74) is 1.46. The van der Waals surface area contributed by atoms with Gasteiger partial charge in [0.25, 0.3) is 0 Å². The van der Waals surface area contributed by atoms with Crippen LogP contribution in [0.3, 0.4) is 0 Å². The molecular formula is C25H35NO4. The topological polar surface area (TPSA) is 78.8 Å². The van der Waals surface area contributed by atoms with Gasteiger partial charge in [0.1, 0.15) is 5.75 Å². The fourth-order valence-electron chi connectivity index (χ4n) is 4.32. The van der Waals surface area contributed by atoms with E-state index in [-0.39, 0.29) is 13.2 Å². The molecule has 1 aliphatic carbocycles. The largest absolute Gasteiger partial charge is 0.490 e. The summed E-state index contributed by atoms with van der Waals surface area (Å²) in [6, 6.07) is 12.5. The molecule has 0 saturated heterocycles. The average Bonchev–Trinajstić information content (AvgIpc) is 2.70. The average molecular weight is 414 g/mol. The molecule has 5 heteroatoms. The van der Waals surface area contributed by atoms with Crippen LogP contribution in [0.15, 0.2) is 36.4 Å². The molecular weight excluding hydrogens is 378 g/mol. The third kappa shape index (κ3) is 5.96. The lowest BCUT2D eigenvalue weighted by Crippen LogP contribution is -2.30. The van der Waals surface area contributed by atoms with E-state index in [1.807, 2.05) is 12.1 Å². The highest BCUT2D eigenvalue weighted by Gasteiger charge is 2.30. The highest BCUT2D eigenvalue weighted by molar-refractivity contribution is 5.84. The van der Waals surface area contributed by atoms with Crippen molar-refractivity contribution in [2.24, 2.45) is 17.3 Å². The maximum Gasteiger partial charge on any atom is 0.310 e. The first-order valence-corrected chi connectivity index (χ1v) is 11.0. The van der Waals surface area contributed by atoms with Crippen molar-refractivity contribution in [3.63, 3.8) is 0 Å². The minimum atomic E-state index is -0.983. The SMILES string of the molecule is CC(C)(C)C1CCC(Oc2ccc3cc(CNCC(CO)C(=O)O)ccc3c2)CC1. The van der Waals surface area contributed by atoms with Crippen molar-refractivity contribution in [2.75, 3.05) is 13.2 Å². The molecule has 3 N–H and O–H groups in total. The molecule has 1 aliphatic rings. The summed E-state index contributed by atoms with van der Waals surface area (Å²) >= 11 is 0. The Bertz CT molecular complexity index is 850. The van der Waals surface area contributed by atoms with Crippen molar-refractivity contribution in [2.45, 2.75) is 59.1 Å². The first-order chi connectivity index (χ1) is 14.3. The third-order valence-electron chi connectivity index (χ3n) is 6.37. The molecule has 0 amide bonds. The molecule has 1 atom stereocenters. The molecule has 0 spiro atoms. The summed E-state index contributed by atoms with van der Waals surface area (Å²) in [6.45, 7) is 7.46. The van der Waals surface area contributed by atoms with Gasteiger partial charge in [0, 0.05) is 13.1 Å². The number of aliphatic hydroxyl groups is 1. The van der Waals surface area contributed by atoms with Crippen molar-refractivity contribution in [3.8, 4) is 5.75 Å². The number of benzene rings is 2. The van der Waals surface area contributed by atoms with Gasteiger partial charge in [-0.2, -0.15) is 0 Å². The summed E-state index contributed by atoms with van der Waals surface area (Å²) in [5.74, 6) is -0.0458. The number of aliphatic hydroxyl groups excluding tert-OH is 1. The predicted molar refractivity (Wildman–Crippen MR) is 120 cm³/mol. The van der Waals surface area contributed by atoms with Gasteiger partial charge in [-0.1, -0.05) is 39.0 Å². The number of ether oxygens (including phenoxy) is 1. The van der Waals surface area contributed by atoms with Crippen molar-refractivity contribution in [3.05, 3.63) is 42.0 Å². The monoisotopic (exact) mass is 413 g/mol. The summed E-state index contributed by atoms with van der Waals surface area (Å²) < 4.78 is 6.29. The van der Waals surface area contributed by atoms with Crippen molar-refractivity contribution < 1.29 is 19.7 Å². The Kier molecular flexibility index (Phi) is 7.37. The first kappa shape index (κ1) is 22.6. The summed E-state index contributed by atoms with van der Waals surface area (Å²) in [6.07, 6.45) is 5.01. The number of carboxylic acids is 1. The van der Waals surface area contributed by atoms with Crippen LogP contribution >= 0.6 is 0 Å². The minimum absolute atomic E-state index is 0.244. The lowest BCUT2D eigenvalue weighted by molar-refractivity contribution is -0.142. The van der Waals surface area contributed by atoms with Crippen LogP contribution in [0.4, 0.5) is 0 Å². The Morgan fingerprint density at radius 1 is 1.10 bits per heavy atom. The van der Waals surface area contributed by atoms with Crippen molar-refractivity contribution in [1.29, 1.82) is 0 Å². The molecule has 1 unspecified atom stereocenters. The van der Waals surface area contributed by atoms with Crippen LogP contribution in [0, 0.1) is 17.3 Å². The Balaban J connectivity index is 1.56. The second-order valence-electron chi connectivity index (χ2n) is 9.65. The van der Waals surface area contributed by atoms with Gasteiger partial charge < -0.3 is 20.3 Å². The molecule has 1 saturated carbocycles. The summed E-state index contributed by atoms with van der Waals surface area (Å²) in [7, 11) is 0. The lowest BCUT2D eigenvalue weighted by atomic mass is 9.72. The molecule has 30 heavy (non-hydrogen) atoms. The number of hydrogen-bond acceptors (Lipinski definition) is 4. The van der Waals surface area contributed by atoms with Gasteiger partial charge in [-0.3, -0.25) is 4.79 Å². The van der Waals surface area contributed by atoms with E-state index in [0.717, 1.165) is 40.8 Å². The van der Waals surface area contributed by atoms with Gasteiger partial charge in [-0.25, -0.2) is 0 Å². The minimum Gasteiger partial charge on any atom is -0.490 e. The molecule has 0 aromatic heterocycles. The second kappa shape index (κ2) is 9.80. The summed E-state index contributed by atoms with van der Waals surface area (Å²) in [5, 5.41) is 23.5. The van der Waals surface area contributed by atoms with E-state index in [9.17, 15) is 4.79 Å². The van der Waals surface area contributed by atoms with E-state index >= 15 is 0 Å². The summed E-state index contributed by atoms with van der Waals surface area (Å²) in [4.78, 5) is 11.0. The van der Waals surface area contributed by atoms with Gasteiger partial charge in [0.2, 0.25) is 0 Å². The molecule has 0 aliphatic heterocycles. The second-order valence-corrected chi connectivity index (χ2v) is 9.65. The zero-order valence-electron chi connectivity index (χ0n) is 18.4. The highest BCUT2D eigenvalue weighted by atomic mass is 16.5. The smallest absolute Gasteiger partial charge is 0.310 e. The molecule has 0 radical (unpaired) electrons. The molecule has 1 fully saturated rings. The lowest BCUT2D eigenvalue weighted by Gasteiger charge is -2.37. The van der Waals surface area contributed by atoms with E-state index < -0.39 is 11.9 Å². The van der Waals surface area contributed by atoms with Crippen molar-refractivity contribution in [1.82, 2.24) is 5.32 Å². The number of rotatable bonds is 8. The fraction of sp³-hybridized carbons (Fsp3) is 0.560. The van der Waals surface area contributed by atoms with Gasteiger partial charge >= 0.3 is 5.97 Å². The zero-order valence-corrected chi connectivity index (χ0v) is 18.4. The number of fused-ring (bicyclic) bond motifs is 1. The molecule has 3 rings (SSSR count). The van der Waals surface area contributed by atoms with Crippen LogP contribution in [-0.2, 0) is 11.3 Å². The molecule has 5 nitrogen and oxygen atoms in total. The number of hydrogen-bond donors (Lipinski definition) is 3. The maximum absolute atomic E-state index is 11.0. The van der Waals surface area contributed by atoms with Crippen LogP contribution in [0.2, 0.25) is 0 Å². The predicted octanol–water partition coefficient (Wildman–Crippen LogP) is 4.61. The van der Waals surface area contributed by atoms with E-state index in [2.05, 4.69) is 50.4 Å². The van der Waals surface area contributed by atoms with E-state index in [0.29, 0.717) is 18.1 Å². The molecule has 0 heterocycles. The number of carboxylic acid groups (broad SMARTS) is 1. The number of aliphatic carboxylic acids is 1. The van der Waals surface area contributed by atoms with Crippen LogP contribution in [0.1, 0.15) is 52.0 Å². The van der Waals surface area contributed by atoms with Crippen LogP contribution in [-0.4, -0.2) is 35.4 Å². The Morgan fingerprint density at radius 3 is 2.40 bits per heavy atom. The van der Waals surface area contributed by atoms with Crippen molar-refractivity contribution >= 4 is 16.7 Å². The molecule has 2 aromatic rings. The first-order valence-electron chi connectivity index (χ1n) is 11.0. The Labute approximate surface area is 179 Å². The zero-order chi connectivity index (χ0) is 21.7. The van der Waals surface area contributed by atoms with Gasteiger partial charge in [0.05, 0.1) is 18.6 Å². The van der Waals surface area contributed by atoms with Gasteiger partial charge in [0.15, 0.2) is 0 Å². The molecule has 164 valence electrons. The quantitative estimate of drug-likeness (QED) is 0.589. The van der Waals surface area contributed by atoms with Gasteiger partial charge in [-0.05, 0) is 71.6 Å². The Morgan fingerprint density at radius 2 is 1.77 bits per heavy atom. The third-order valence-corrected chi connectivity index (χ3v) is 6.37. The maximum atomic E-state index is 11.0. The molecule has 2 aromatic carbocycles. The van der Waals surface area contributed by atoms with Gasteiger partial charge in [-0.15, -0.1) is 0 Å². The van der Waals surface area contributed by atoms with E-state index in [1.165, 1.54) is 12.8 Å². The number of nitrogens with one attached hydrogen (secondary N) is 1. The number of carbonyl (C=O) groups is 1. The van der Waals surface area contributed by atoms with Crippen LogP contribution in [0.25, 0.3) is 10.8 Å². The normalized spacial score (nSPS) is 20.8. The Hall–Kier alpha value is -2.11. The van der Waals surface area contributed by atoms with E-state index in [1.54, 1.807) is 0 Å². The molecule has 0 bridgehead atoms.